The van der Waals surface area contributed by atoms with Crippen LogP contribution in [0.15, 0.2) is 29.3 Å². The largest absolute Gasteiger partial charge is 0.379 e. The number of aliphatic imine (C=N–C) groups is 1. The summed E-state index contributed by atoms with van der Waals surface area (Å²) in [5, 5.41) is 6.38. The lowest BCUT2D eigenvalue weighted by Crippen LogP contribution is -2.41. The van der Waals surface area contributed by atoms with Crippen LogP contribution in [-0.2, 0) is 27.2 Å². The van der Waals surface area contributed by atoms with Crippen LogP contribution in [0, 0.1) is 0 Å². The van der Waals surface area contributed by atoms with Gasteiger partial charge in [0.25, 0.3) is 0 Å². The number of unbranched alkanes of at least 4 members (excludes halogenated alkanes) is 1. The first kappa shape index (κ1) is 23.2. The molecule has 0 aliphatic carbocycles. The van der Waals surface area contributed by atoms with Crippen molar-refractivity contribution in [3.05, 3.63) is 35.4 Å². The molecule has 1 aliphatic rings. The third kappa shape index (κ3) is 8.83. The normalized spacial score (nSPS) is 13.9. The van der Waals surface area contributed by atoms with Crippen LogP contribution in [0.2, 0.25) is 0 Å². The molecule has 7 nitrogen and oxygen atoms in total. The van der Waals surface area contributed by atoms with Crippen LogP contribution in [0.4, 0.5) is 0 Å². The van der Waals surface area contributed by atoms with E-state index in [1.54, 1.807) is 0 Å². The third-order valence-corrected chi connectivity index (χ3v) is 4.75. The molecule has 2 N–H and O–H groups in total. The van der Waals surface area contributed by atoms with Crippen molar-refractivity contribution in [3.8, 4) is 0 Å². The molecule has 0 aromatic heterocycles. The van der Waals surface area contributed by atoms with Gasteiger partial charge in [0.2, 0.25) is 5.91 Å². The quantitative estimate of drug-likeness (QED) is 0.316. The highest BCUT2D eigenvalue weighted by Gasteiger charge is 2.19. The summed E-state index contributed by atoms with van der Waals surface area (Å²) in [5.41, 5.74) is 2.57. The standard InChI is InChI=1S/C22H36N4O3/c1-3-5-13-28-15-16-29-14-11-24-22(23-4-2)25-17-21(27)26-12-10-19-8-6-7-9-20(19)18-26/h6-9H,3-5,10-18H2,1-2H3,(H2,23,24,25). The fourth-order valence-corrected chi connectivity index (χ4v) is 3.11. The molecule has 1 aromatic rings. The maximum atomic E-state index is 12.6. The Kier molecular flexibility index (Phi) is 11.1. The molecule has 162 valence electrons. The first-order valence-corrected chi connectivity index (χ1v) is 10.8. The predicted octanol–water partition coefficient (Wildman–Crippen LogP) is 1.96. The molecule has 2 rings (SSSR count). The second kappa shape index (κ2) is 14.0. The zero-order valence-corrected chi connectivity index (χ0v) is 17.9. The van der Waals surface area contributed by atoms with Crippen molar-refractivity contribution in [1.82, 2.24) is 15.5 Å². The molecule has 0 spiro atoms. The molecular weight excluding hydrogens is 368 g/mol. The highest BCUT2D eigenvalue weighted by Crippen LogP contribution is 2.18. The summed E-state index contributed by atoms with van der Waals surface area (Å²) in [6.07, 6.45) is 3.14. The average molecular weight is 405 g/mol. The molecule has 7 heteroatoms. The van der Waals surface area contributed by atoms with E-state index in [2.05, 4.69) is 40.7 Å². The molecule has 1 amide bonds. The number of nitrogens with one attached hydrogen (secondary N) is 2. The van der Waals surface area contributed by atoms with Gasteiger partial charge in [-0.15, -0.1) is 0 Å². The summed E-state index contributed by atoms with van der Waals surface area (Å²) in [6, 6.07) is 8.32. The maximum absolute atomic E-state index is 12.6. The lowest BCUT2D eigenvalue weighted by molar-refractivity contribution is -0.130. The van der Waals surface area contributed by atoms with Crippen molar-refractivity contribution >= 4 is 11.9 Å². The molecule has 0 bridgehead atoms. The fourth-order valence-electron chi connectivity index (χ4n) is 3.11. The first-order valence-electron chi connectivity index (χ1n) is 10.8. The number of rotatable bonds is 12. The Morgan fingerprint density at radius 1 is 1.07 bits per heavy atom. The Hall–Kier alpha value is -2.12. The van der Waals surface area contributed by atoms with Gasteiger partial charge in [0, 0.05) is 32.8 Å². The van der Waals surface area contributed by atoms with Gasteiger partial charge in [0.15, 0.2) is 5.96 Å². The Labute approximate surface area is 174 Å². The second-order valence-electron chi connectivity index (χ2n) is 7.03. The number of hydrogen-bond acceptors (Lipinski definition) is 4. The fraction of sp³-hybridized carbons (Fsp3) is 0.636. The molecule has 0 saturated carbocycles. The Morgan fingerprint density at radius 2 is 1.83 bits per heavy atom. The van der Waals surface area contributed by atoms with Crippen molar-refractivity contribution in [3.63, 3.8) is 0 Å². The molecule has 0 saturated heterocycles. The van der Waals surface area contributed by atoms with Crippen LogP contribution in [0.1, 0.15) is 37.8 Å². The van der Waals surface area contributed by atoms with E-state index in [-0.39, 0.29) is 12.5 Å². The number of amides is 1. The summed E-state index contributed by atoms with van der Waals surface area (Å²) in [5.74, 6) is 0.693. The van der Waals surface area contributed by atoms with E-state index in [4.69, 9.17) is 9.47 Å². The second-order valence-corrected chi connectivity index (χ2v) is 7.03. The van der Waals surface area contributed by atoms with Crippen LogP contribution in [0.3, 0.4) is 0 Å². The van der Waals surface area contributed by atoms with E-state index in [1.807, 2.05) is 17.9 Å². The average Bonchev–Trinajstić information content (AvgIpc) is 2.75. The summed E-state index contributed by atoms with van der Waals surface area (Å²) in [6.45, 7) is 9.67. The summed E-state index contributed by atoms with van der Waals surface area (Å²) < 4.78 is 11.0. The van der Waals surface area contributed by atoms with Gasteiger partial charge in [0.05, 0.1) is 19.8 Å². The Morgan fingerprint density at radius 3 is 2.59 bits per heavy atom. The molecule has 1 aromatic carbocycles. The van der Waals surface area contributed by atoms with E-state index in [9.17, 15) is 4.79 Å². The first-order chi connectivity index (χ1) is 14.2. The topological polar surface area (TPSA) is 75.2 Å². The molecule has 1 heterocycles. The number of guanidine groups is 1. The molecule has 0 unspecified atom stereocenters. The Bertz CT molecular complexity index is 636. The summed E-state index contributed by atoms with van der Waals surface area (Å²) in [7, 11) is 0. The van der Waals surface area contributed by atoms with E-state index in [1.165, 1.54) is 11.1 Å². The zero-order chi connectivity index (χ0) is 20.7. The van der Waals surface area contributed by atoms with Crippen LogP contribution >= 0.6 is 0 Å². The summed E-state index contributed by atoms with van der Waals surface area (Å²) >= 11 is 0. The minimum absolute atomic E-state index is 0.0529. The van der Waals surface area contributed by atoms with Gasteiger partial charge in [-0.25, -0.2) is 4.99 Å². The minimum atomic E-state index is 0.0529. The van der Waals surface area contributed by atoms with Crippen molar-refractivity contribution in [2.24, 2.45) is 4.99 Å². The molecule has 0 radical (unpaired) electrons. The van der Waals surface area contributed by atoms with Gasteiger partial charge < -0.3 is 25.0 Å². The lowest BCUT2D eigenvalue weighted by Gasteiger charge is -2.28. The highest BCUT2D eigenvalue weighted by atomic mass is 16.5. The number of nitrogens with zero attached hydrogens (tertiary/aromatic N) is 2. The number of carbonyl (C=O) groups excluding carboxylic acids is 1. The van der Waals surface area contributed by atoms with Crippen LogP contribution in [0.5, 0.6) is 0 Å². The smallest absolute Gasteiger partial charge is 0.244 e. The maximum Gasteiger partial charge on any atom is 0.244 e. The van der Waals surface area contributed by atoms with Gasteiger partial charge in [-0.3, -0.25) is 4.79 Å². The Balaban J connectivity index is 1.67. The van der Waals surface area contributed by atoms with Gasteiger partial charge in [-0.2, -0.15) is 0 Å². The number of carbonyl (C=O) groups is 1. The molecular formula is C22H36N4O3. The van der Waals surface area contributed by atoms with Crippen LogP contribution in [-0.4, -0.2) is 69.4 Å². The molecule has 1 aliphatic heterocycles. The predicted molar refractivity (Wildman–Crippen MR) is 116 cm³/mol. The van der Waals surface area contributed by atoms with Crippen LogP contribution < -0.4 is 10.6 Å². The summed E-state index contributed by atoms with van der Waals surface area (Å²) in [4.78, 5) is 18.9. The zero-order valence-electron chi connectivity index (χ0n) is 17.9. The van der Waals surface area contributed by atoms with Gasteiger partial charge >= 0.3 is 0 Å². The molecule has 29 heavy (non-hydrogen) atoms. The number of hydrogen-bond donors (Lipinski definition) is 2. The van der Waals surface area contributed by atoms with Gasteiger partial charge in [0.1, 0.15) is 6.54 Å². The SMILES string of the molecule is CCCCOCCOCCNC(=NCC(=O)N1CCc2ccccc2C1)NCC. The van der Waals surface area contributed by atoms with Crippen molar-refractivity contribution < 1.29 is 14.3 Å². The molecule has 0 fully saturated rings. The van der Waals surface area contributed by atoms with E-state index < -0.39 is 0 Å². The van der Waals surface area contributed by atoms with Crippen LogP contribution in [0.25, 0.3) is 0 Å². The van der Waals surface area contributed by atoms with Gasteiger partial charge in [-0.05, 0) is 30.9 Å². The number of benzene rings is 1. The highest BCUT2D eigenvalue weighted by molar-refractivity contribution is 5.85. The van der Waals surface area contributed by atoms with E-state index in [0.717, 1.165) is 39.0 Å². The van der Waals surface area contributed by atoms with Crippen molar-refractivity contribution in [2.75, 3.05) is 52.6 Å². The van der Waals surface area contributed by atoms with Crippen molar-refractivity contribution in [2.45, 2.75) is 39.7 Å². The van der Waals surface area contributed by atoms with Gasteiger partial charge in [-0.1, -0.05) is 37.6 Å². The number of fused-ring (bicyclic) bond motifs is 1. The molecule has 0 atom stereocenters. The number of ether oxygens (including phenoxy) is 2. The minimum Gasteiger partial charge on any atom is -0.379 e. The lowest BCUT2D eigenvalue weighted by atomic mass is 10.00. The van der Waals surface area contributed by atoms with E-state index in [0.29, 0.717) is 38.9 Å². The third-order valence-electron chi connectivity index (χ3n) is 4.75. The van der Waals surface area contributed by atoms with Crippen molar-refractivity contribution in [1.29, 1.82) is 0 Å². The van der Waals surface area contributed by atoms with E-state index >= 15 is 0 Å². The monoisotopic (exact) mass is 404 g/mol.